The van der Waals surface area contributed by atoms with E-state index in [0.29, 0.717) is 0 Å². The van der Waals surface area contributed by atoms with E-state index in [-0.39, 0.29) is 0 Å². The Morgan fingerprint density at radius 3 is 1.33 bits per heavy atom. The first kappa shape index (κ1) is 20.9. The highest BCUT2D eigenvalue weighted by Gasteiger charge is 2.41. The van der Waals surface area contributed by atoms with Crippen LogP contribution in [0.2, 0.25) is 0 Å². The predicted molar refractivity (Wildman–Crippen MR) is 143 cm³/mol. The van der Waals surface area contributed by atoms with E-state index in [4.69, 9.17) is 0 Å². The van der Waals surface area contributed by atoms with Crippen LogP contribution >= 0.6 is 0 Å². The Morgan fingerprint density at radius 1 is 0.424 bits per heavy atom. The highest BCUT2D eigenvalue weighted by Crippen LogP contribution is 2.12. The van der Waals surface area contributed by atoms with E-state index in [9.17, 15) is 0 Å². The van der Waals surface area contributed by atoms with Crippen molar-refractivity contribution in [3.8, 4) is 0 Å². The van der Waals surface area contributed by atoms with Crippen molar-refractivity contribution >= 4 is 41.0 Å². The molecule has 0 unspecified atom stereocenters. The Bertz CT molecular complexity index is 1220. The summed E-state index contributed by atoms with van der Waals surface area (Å²) < 4.78 is 0. The maximum Gasteiger partial charge on any atom is 0.179 e. The zero-order valence-corrected chi connectivity index (χ0v) is 19.4. The molecule has 0 atom stereocenters. The van der Waals surface area contributed by atoms with Crippen molar-refractivity contribution in [1.82, 2.24) is 4.98 Å². The van der Waals surface area contributed by atoms with Crippen molar-refractivity contribution in [3.63, 3.8) is 0 Å². The Hall–Kier alpha value is -4.01. The Morgan fingerprint density at radius 2 is 0.879 bits per heavy atom. The van der Waals surface area contributed by atoms with Crippen LogP contribution in [0, 0.1) is 0 Å². The molecule has 5 rings (SSSR count). The molecule has 0 amide bonds. The average molecular weight is 440 g/mol. The fourth-order valence-corrected chi connectivity index (χ4v) is 9.31. The van der Waals surface area contributed by atoms with E-state index in [0.717, 1.165) is 5.69 Å². The van der Waals surface area contributed by atoms with Gasteiger partial charge in [0.15, 0.2) is 8.07 Å². The van der Waals surface area contributed by atoms with Gasteiger partial charge in [0.05, 0.1) is 5.69 Å². The van der Waals surface area contributed by atoms with Crippen molar-refractivity contribution in [1.29, 1.82) is 0 Å². The highest BCUT2D eigenvalue weighted by atomic mass is 28.3. The van der Waals surface area contributed by atoms with E-state index in [1.54, 1.807) is 0 Å². The summed E-state index contributed by atoms with van der Waals surface area (Å²) in [4.78, 5) is 4.39. The van der Waals surface area contributed by atoms with E-state index in [2.05, 4.69) is 132 Å². The molecule has 0 aliphatic heterocycles. The normalized spacial score (nSPS) is 11.5. The predicted octanol–water partition coefficient (Wildman–Crippen LogP) is 4.63. The number of benzene rings is 4. The third kappa shape index (κ3) is 4.21. The average Bonchev–Trinajstić information content (AvgIpc) is 2.91. The van der Waals surface area contributed by atoms with Gasteiger partial charge in [-0.2, -0.15) is 0 Å². The van der Waals surface area contributed by atoms with Gasteiger partial charge in [-0.25, -0.2) is 0 Å². The molecule has 1 nitrogen and oxygen atoms in total. The second-order valence-corrected chi connectivity index (χ2v) is 11.9. The van der Waals surface area contributed by atoms with Gasteiger partial charge in [0.1, 0.15) is 0 Å². The summed E-state index contributed by atoms with van der Waals surface area (Å²) in [6.07, 6.45) is 6.01. The summed E-state index contributed by atoms with van der Waals surface area (Å²) in [5, 5.41) is 5.54. The summed E-state index contributed by atoms with van der Waals surface area (Å²) in [6, 6.07) is 48.1. The number of hydrogen-bond donors (Lipinski definition) is 0. The first-order valence-corrected chi connectivity index (χ1v) is 13.2. The largest absolute Gasteiger partial charge is 0.257 e. The molecule has 0 saturated heterocycles. The third-order valence-corrected chi connectivity index (χ3v) is 10.9. The van der Waals surface area contributed by atoms with E-state index < -0.39 is 8.07 Å². The molecule has 5 aromatic rings. The SMILES string of the molecule is C(=C\c1ccccn1)/c1ccc([Si](c2ccccc2)(c2ccccc2)c2ccccc2)cc1. The minimum absolute atomic E-state index is 0.961. The minimum atomic E-state index is -2.45. The standard InChI is InChI=1S/C31H25NSi/c1-4-13-28(14-5-1)33(29-15-6-2-7-16-29,30-17-8-3-9-18-30)31-23-20-26(21-24-31)19-22-27-12-10-11-25-32-27/h1-25H/b22-19+. The van der Waals surface area contributed by atoms with Gasteiger partial charge in [-0.05, 0) is 44.5 Å². The molecule has 0 fully saturated rings. The van der Waals surface area contributed by atoms with Crippen LogP contribution in [0.15, 0.2) is 140 Å². The second kappa shape index (κ2) is 9.64. The molecule has 0 N–H and O–H groups in total. The number of rotatable bonds is 6. The summed E-state index contributed by atoms with van der Waals surface area (Å²) in [5.74, 6) is 0. The molecule has 0 aliphatic carbocycles. The molecule has 1 aromatic heterocycles. The Kier molecular flexibility index (Phi) is 6.09. The lowest BCUT2D eigenvalue weighted by atomic mass is 10.2. The van der Waals surface area contributed by atoms with Gasteiger partial charge in [-0.3, -0.25) is 4.98 Å². The van der Waals surface area contributed by atoms with E-state index >= 15 is 0 Å². The van der Waals surface area contributed by atoms with Crippen molar-refractivity contribution < 1.29 is 0 Å². The molecule has 33 heavy (non-hydrogen) atoms. The molecule has 158 valence electrons. The molecule has 0 spiro atoms. The van der Waals surface area contributed by atoms with Gasteiger partial charge in [-0.15, -0.1) is 0 Å². The van der Waals surface area contributed by atoms with Crippen LogP contribution in [0.5, 0.6) is 0 Å². The maximum atomic E-state index is 4.39. The summed E-state index contributed by atoms with van der Waals surface area (Å²) in [7, 11) is -2.45. The van der Waals surface area contributed by atoms with Gasteiger partial charge >= 0.3 is 0 Å². The van der Waals surface area contributed by atoms with Crippen molar-refractivity contribution in [2.75, 3.05) is 0 Å². The monoisotopic (exact) mass is 439 g/mol. The summed E-state index contributed by atoms with van der Waals surface area (Å²) in [5.41, 5.74) is 2.13. The van der Waals surface area contributed by atoms with Crippen LogP contribution in [0.3, 0.4) is 0 Å². The smallest absolute Gasteiger partial charge is 0.179 e. The molecule has 1 heterocycles. The van der Waals surface area contributed by atoms with Crippen molar-refractivity contribution in [2.45, 2.75) is 0 Å². The van der Waals surface area contributed by atoms with Gasteiger partial charge in [0, 0.05) is 6.20 Å². The Labute approximate surface area is 196 Å². The van der Waals surface area contributed by atoms with Crippen LogP contribution in [-0.2, 0) is 0 Å². The highest BCUT2D eigenvalue weighted by molar-refractivity contribution is 7.19. The zero-order chi connectivity index (χ0) is 22.3. The first-order valence-electron chi connectivity index (χ1n) is 11.2. The molecule has 2 heteroatoms. The number of aromatic nitrogens is 1. The van der Waals surface area contributed by atoms with Crippen LogP contribution in [-0.4, -0.2) is 13.1 Å². The molecule has 4 aromatic carbocycles. The topological polar surface area (TPSA) is 12.9 Å². The third-order valence-electron chi connectivity index (χ3n) is 6.10. The second-order valence-electron chi connectivity index (χ2n) is 8.06. The van der Waals surface area contributed by atoms with Crippen molar-refractivity contribution in [3.05, 3.63) is 151 Å². The maximum absolute atomic E-state index is 4.39. The molecule has 0 bridgehead atoms. The number of nitrogens with zero attached hydrogens (tertiary/aromatic N) is 1. The lowest BCUT2D eigenvalue weighted by Crippen LogP contribution is -2.74. The lowest BCUT2D eigenvalue weighted by molar-refractivity contribution is 1.30. The van der Waals surface area contributed by atoms with Gasteiger partial charge < -0.3 is 0 Å². The summed E-state index contributed by atoms with van der Waals surface area (Å²) >= 11 is 0. The van der Waals surface area contributed by atoms with Crippen LogP contribution < -0.4 is 20.7 Å². The number of hydrogen-bond acceptors (Lipinski definition) is 1. The lowest BCUT2D eigenvalue weighted by Gasteiger charge is -2.34. The summed E-state index contributed by atoms with van der Waals surface area (Å²) in [6.45, 7) is 0. The van der Waals surface area contributed by atoms with E-state index in [1.165, 1.54) is 26.3 Å². The van der Waals surface area contributed by atoms with Crippen LogP contribution in [0.1, 0.15) is 11.3 Å². The van der Waals surface area contributed by atoms with Crippen LogP contribution in [0.4, 0.5) is 0 Å². The first-order chi connectivity index (χ1) is 16.4. The molecule has 0 radical (unpaired) electrons. The van der Waals surface area contributed by atoms with Gasteiger partial charge in [0.2, 0.25) is 0 Å². The zero-order valence-electron chi connectivity index (χ0n) is 18.4. The number of pyridine rings is 1. The fraction of sp³-hybridized carbons (Fsp3) is 0. The van der Waals surface area contributed by atoms with Crippen LogP contribution in [0.25, 0.3) is 12.2 Å². The molecule has 0 saturated carbocycles. The molecular formula is C31H25NSi. The van der Waals surface area contributed by atoms with E-state index in [1.807, 2.05) is 24.4 Å². The van der Waals surface area contributed by atoms with Gasteiger partial charge in [-0.1, -0.05) is 127 Å². The van der Waals surface area contributed by atoms with Gasteiger partial charge in [0.25, 0.3) is 0 Å². The Balaban J connectivity index is 1.67. The minimum Gasteiger partial charge on any atom is -0.257 e. The molecule has 0 aliphatic rings. The molecular weight excluding hydrogens is 414 g/mol. The quantitative estimate of drug-likeness (QED) is 0.278. The van der Waals surface area contributed by atoms with Crippen molar-refractivity contribution in [2.24, 2.45) is 0 Å². The fourth-order valence-electron chi connectivity index (χ4n) is 4.56.